The van der Waals surface area contributed by atoms with Crippen molar-refractivity contribution in [3.8, 4) is 6.07 Å². The summed E-state index contributed by atoms with van der Waals surface area (Å²) in [6.45, 7) is 4.36. The largest absolute Gasteiger partial charge is 0.198 e. The number of rotatable bonds is 9. The molecular formula is C14H24BN. The lowest BCUT2D eigenvalue weighted by atomic mass is 9.64. The minimum atomic E-state index is -0.0370. The van der Waals surface area contributed by atoms with Gasteiger partial charge in [-0.1, -0.05) is 69.8 Å². The van der Waals surface area contributed by atoms with Gasteiger partial charge in [0, 0.05) is 0 Å². The standard InChI is InChI=1S/C14H24BN/c1-3-4-5-8-11-14(2,15)12-9-6-7-10-13-16/h6-7H,3-5,8-12H2,1-2H3/b7-6-. The molecule has 0 fully saturated rings. The van der Waals surface area contributed by atoms with Crippen molar-refractivity contribution in [2.24, 2.45) is 0 Å². The Morgan fingerprint density at radius 3 is 2.56 bits per heavy atom. The maximum Gasteiger partial charge on any atom is 0.0742 e. The molecule has 0 heterocycles. The molecule has 0 saturated heterocycles. The van der Waals surface area contributed by atoms with Crippen molar-refractivity contribution >= 4 is 7.85 Å². The summed E-state index contributed by atoms with van der Waals surface area (Å²) >= 11 is 0. The molecule has 0 aliphatic heterocycles. The molecule has 0 aromatic heterocycles. The Morgan fingerprint density at radius 1 is 1.19 bits per heavy atom. The molecule has 0 spiro atoms. The molecule has 88 valence electrons. The number of hydrogen-bond acceptors (Lipinski definition) is 1. The van der Waals surface area contributed by atoms with Crippen LogP contribution < -0.4 is 0 Å². The highest BCUT2D eigenvalue weighted by atomic mass is 14.2. The zero-order valence-corrected chi connectivity index (χ0v) is 10.8. The van der Waals surface area contributed by atoms with E-state index in [9.17, 15) is 0 Å². The predicted molar refractivity (Wildman–Crippen MR) is 71.5 cm³/mol. The van der Waals surface area contributed by atoms with E-state index in [2.05, 4.69) is 26.0 Å². The lowest BCUT2D eigenvalue weighted by Gasteiger charge is -2.24. The van der Waals surface area contributed by atoms with E-state index in [1.165, 1.54) is 25.7 Å². The second kappa shape index (κ2) is 9.52. The summed E-state index contributed by atoms with van der Waals surface area (Å²) in [6, 6.07) is 2.10. The van der Waals surface area contributed by atoms with Gasteiger partial charge in [-0.05, 0) is 6.42 Å². The van der Waals surface area contributed by atoms with E-state index in [1.807, 2.05) is 6.08 Å². The number of nitriles is 1. The molecule has 1 unspecified atom stereocenters. The highest BCUT2D eigenvalue weighted by Crippen LogP contribution is 2.33. The third-order valence-electron chi connectivity index (χ3n) is 2.86. The van der Waals surface area contributed by atoms with Crippen LogP contribution in [0.25, 0.3) is 0 Å². The Morgan fingerprint density at radius 2 is 1.94 bits per heavy atom. The SMILES string of the molecule is [B]C(C)(CC/C=C\CC#N)CCCCCC. The Balaban J connectivity index is 3.58. The first-order chi connectivity index (χ1) is 7.62. The Hall–Kier alpha value is -0.705. The Bertz CT molecular complexity index is 225. The van der Waals surface area contributed by atoms with Gasteiger partial charge in [-0.25, -0.2) is 0 Å². The number of nitrogens with zero attached hydrogens (tertiary/aromatic N) is 1. The van der Waals surface area contributed by atoms with E-state index in [4.69, 9.17) is 13.1 Å². The van der Waals surface area contributed by atoms with Crippen molar-refractivity contribution in [2.75, 3.05) is 0 Å². The minimum absolute atomic E-state index is 0.0370. The van der Waals surface area contributed by atoms with Crippen LogP contribution in [-0.4, -0.2) is 7.85 Å². The van der Waals surface area contributed by atoms with Gasteiger partial charge >= 0.3 is 0 Å². The van der Waals surface area contributed by atoms with Crippen molar-refractivity contribution in [2.45, 2.75) is 70.5 Å². The predicted octanol–water partition coefficient (Wildman–Crippen LogP) is 4.55. The van der Waals surface area contributed by atoms with E-state index < -0.39 is 0 Å². The van der Waals surface area contributed by atoms with E-state index in [1.54, 1.807) is 0 Å². The summed E-state index contributed by atoms with van der Waals surface area (Å²) in [5.74, 6) is 0. The molecule has 0 saturated carbocycles. The summed E-state index contributed by atoms with van der Waals surface area (Å²) < 4.78 is 0. The van der Waals surface area contributed by atoms with Crippen LogP contribution >= 0.6 is 0 Å². The molecular weight excluding hydrogens is 193 g/mol. The highest BCUT2D eigenvalue weighted by molar-refractivity contribution is 6.14. The quantitative estimate of drug-likeness (QED) is 0.315. The summed E-state index contributed by atoms with van der Waals surface area (Å²) in [7, 11) is 6.21. The third-order valence-corrected chi connectivity index (χ3v) is 2.86. The Kier molecular flexibility index (Phi) is 9.10. The van der Waals surface area contributed by atoms with Gasteiger partial charge in [0.15, 0.2) is 0 Å². The van der Waals surface area contributed by atoms with Crippen molar-refractivity contribution in [3.63, 3.8) is 0 Å². The van der Waals surface area contributed by atoms with Crippen LogP contribution in [0, 0.1) is 11.3 Å². The van der Waals surface area contributed by atoms with Gasteiger partial charge in [0.1, 0.15) is 0 Å². The van der Waals surface area contributed by atoms with Gasteiger partial charge < -0.3 is 0 Å². The van der Waals surface area contributed by atoms with Crippen LogP contribution in [0.4, 0.5) is 0 Å². The van der Waals surface area contributed by atoms with Gasteiger partial charge in [0.2, 0.25) is 0 Å². The van der Waals surface area contributed by atoms with Crippen LogP contribution in [-0.2, 0) is 0 Å². The molecule has 0 aromatic rings. The maximum atomic E-state index is 8.37. The van der Waals surface area contributed by atoms with Crippen LogP contribution in [0.1, 0.15) is 65.2 Å². The molecule has 0 rings (SSSR count). The zero-order chi connectivity index (χ0) is 12.3. The lowest BCUT2D eigenvalue weighted by Crippen LogP contribution is -2.07. The fourth-order valence-corrected chi connectivity index (χ4v) is 1.75. The normalized spacial score (nSPS) is 14.8. The summed E-state index contributed by atoms with van der Waals surface area (Å²) in [4.78, 5) is 0. The van der Waals surface area contributed by atoms with Crippen molar-refractivity contribution in [1.82, 2.24) is 0 Å². The average Bonchev–Trinajstić information content (AvgIpc) is 2.24. The monoisotopic (exact) mass is 217 g/mol. The molecule has 16 heavy (non-hydrogen) atoms. The lowest BCUT2D eigenvalue weighted by molar-refractivity contribution is 0.484. The summed E-state index contributed by atoms with van der Waals surface area (Å²) in [6.07, 6.45) is 12.8. The summed E-state index contributed by atoms with van der Waals surface area (Å²) in [5.41, 5.74) is 0. The van der Waals surface area contributed by atoms with E-state index >= 15 is 0 Å². The van der Waals surface area contributed by atoms with Gasteiger partial charge in [-0.2, -0.15) is 5.26 Å². The van der Waals surface area contributed by atoms with Crippen LogP contribution in [0.15, 0.2) is 12.2 Å². The van der Waals surface area contributed by atoms with E-state index in [0.717, 1.165) is 19.3 Å². The molecule has 0 aliphatic rings. The zero-order valence-electron chi connectivity index (χ0n) is 10.8. The number of allylic oxidation sites excluding steroid dienone is 2. The topological polar surface area (TPSA) is 23.8 Å². The van der Waals surface area contributed by atoms with Gasteiger partial charge in [-0.3, -0.25) is 0 Å². The molecule has 2 radical (unpaired) electrons. The average molecular weight is 217 g/mol. The molecule has 0 N–H and O–H groups in total. The fraction of sp³-hybridized carbons (Fsp3) is 0.786. The van der Waals surface area contributed by atoms with Crippen LogP contribution in [0.2, 0.25) is 5.31 Å². The molecule has 0 aliphatic carbocycles. The first-order valence-electron chi connectivity index (χ1n) is 6.43. The number of unbranched alkanes of at least 4 members (excludes halogenated alkanes) is 3. The number of hydrogen-bond donors (Lipinski definition) is 0. The molecule has 1 nitrogen and oxygen atoms in total. The molecule has 2 heteroatoms. The minimum Gasteiger partial charge on any atom is -0.198 e. The van der Waals surface area contributed by atoms with Crippen molar-refractivity contribution in [3.05, 3.63) is 12.2 Å². The molecule has 0 amide bonds. The van der Waals surface area contributed by atoms with E-state index in [0.29, 0.717) is 6.42 Å². The first-order valence-corrected chi connectivity index (χ1v) is 6.43. The second-order valence-corrected chi connectivity index (χ2v) is 4.84. The van der Waals surface area contributed by atoms with Crippen LogP contribution in [0.3, 0.4) is 0 Å². The maximum absolute atomic E-state index is 8.37. The fourth-order valence-electron chi connectivity index (χ4n) is 1.75. The molecule has 0 bridgehead atoms. The van der Waals surface area contributed by atoms with Crippen molar-refractivity contribution < 1.29 is 0 Å². The molecule has 0 aromatic carbocycles. The van der Waals surface area contributed by atoms with Gasteiger partial charge in [-0.15, -0.1) is 0 Å². The van der Waals surface area contributed by atoms with Crippen LogP contribution in [0.5, 0.6) is 0 Å². The highest BCUT2D eigenvalue weighted by Gasteiger charge is 2.15. The molecule has 1 atom stereocenters. The van der Waals surface area contributed by atoms with E-state index in [-0.39, 0.29) is 5.31 Å². The van der Waals surface area contributed by atoms with Gasteiger partial charge in [0.05, 0.1) is 20.3 Å². The third kappa shape index (κ3) is 9.83. The Labute approximate surface area is 102 Å². The summed E-state index contributed by atoms with van der Waals surface area (Å²) in [5, 5.41) is 8.33. The van der Waals surface area contributed by atoms with Crippen molar-refractivity contribution in [1.29, 1.82) is 5.26 Å². The van der Waals surface area contributed by atoms with Gasteiger partial charge in [0.25, 0.3) is 0 Å². The smallest absolute Gasteiger partial charge is 0.0742 e. The first kappa shape index (κ1) is 15.3. The second-order valence-electron chi connectivity index (χ2n) is 4.84.